The summed E-state index contributed by atoms with van der Waals surface area (Å²) in [5.74, 6) is 0. The predicted molar refractivity (Wildman–Crippen MR) is 63.0 cm³/mol. The quantitative estimate of drug-likeness (QED) is 0.699. The highest BCUT2D eigenvalue weighted by Gasteiger charge is 2.10. The molecule has 2 heterocycles. The zero-order chi connectivity index (χ0) is 11.2. The van der Waals surface area contributed by atoms with Crippen LogP contribution in [0, 0.1) is 0 Å². The Bertz CT molecular complexity index is 343. The molecule has 0 atom stereocenters. The monoisotopic (exact) mass is 218 g/mol. The topological polar surface area (TPSA) is 35.6 Å². The van der Waals surface area contributed by atoms with Gasteiger partial charge in [0, 0.05) is 24.8 Å². The summed E-state index contributed by atoms with van der Waals surface area (Å²) in [6, 6.07) is 0. The van der Waals surface area contributed by atoms with E-state index in [0.717, 1.165) is 6.42 Å². The molecule has 2 rings (SSSR count). The maximum absolute atomic E-state index is 4.11. The van der Waals surface area contributed by atoms with Crippen LogP contribution in [-0.2, 0) is 0 Å². The van der Waals surface area contributed by atoms with E-state index in [1.165, 1.54) is 19.3 Å². The Hall–Kier alpha value is -1.58. The van der Waals surface area contributed by atoms with E-state index in [1.807, 2.05) is 37.4 Å². The molecule has 0 aliphatic carbocycles. The minimum atomic E-state index is 0.316. The normalized spacial score (nSPS) is 11.1. The summed E-state index contributed by atoms with van der Waals surface area (Å²) in [6.45, 7) is 2.23. The third-order valence-corrected chi connectivity index (χ3v) is 2.80. The molecule has 0 saturated carbocycles. The van der Waals surface area contributed by atoms with Gasteiger partial charge in [0.15, 0.2) is 0 Å². The van der Waals surface area contributed by atoms with Crippen molar-refractivity contribution in [1.82, 2.24) is 19.1 Å². The molecule has 0 aromatic carbocycles. The molecule has 2 aromatic heterocycles. The zero-order valence-corrected chi connectivity index (χ0v) is 9.66. The number of hydrogen-bond donors (Lipinski definition) is 0. The fourth-order valence-corrected chi connectivity index (χ4v) is 1.92. The Morgan fingerprint density at radius 2 is 1.62 bits per heavy atom. The van der Waals surface area contributed by atoms with Crippen LogP contribution in [0.25, 0.3) is 0 Å². The van der Waals surface area contributed by atoms with Gasteiger partial charge in [0.25, 0.3) is 0 Å². The summed E-state index contributed by atoms with van der Waals surface area (Å²) in [4.78, 5) is 8.22. The third-order valence-electron chi connectivity index (χ3n) is 2.80. The van der Waals surface area contributed by atoms with Crippen molar-refractivity contribution >= 4 is 0 Å². The van der Waals surface area contributed by atoms with Crippen molar-refractivity contribution in [1.29, 1.82) is 0 Å². The molecule has 0 fully saturated rings. The van der Waals surface area contributed by atoms with Crippen LogP contribution in [0.2, 0.25) is 0 Å². The number of unbranched alkanes of at least 4 members (excludes halogenated alkanes) is 2. The molecule has 16 heavy (non-hydrogen) atoms. The van der Waals surface area contributed by atoms with Crippen LogP contribution < -0.4 is 0 Å². The van der Waals surface area contributed by atoms with Gasteiger partial charge in [0.05, 0.1) is 12.7 Å². The van der Waals surface area contributed by atoms with E-state index < -0.39 is 0 Å². The lowest BCUT2D eigenvalue weighted by Gasteiger charge is -2.19. The second kappa shape index (κ2) is 5.49. The standard InChI is InChI=1S/C12H18N4/c1-2-3-4-5-12(15-8-6-13-10-15)16-9-7-14-11-16/h6-12H,2-5H2,1H3. The molecule has 0 aliphatic rings. The average molecular weight is 218 g/mol. The SMILES string of the molecule is CCCCCC(n1ccnc1)n1ccnc1. The Labute approximate surface area is 96.0 Å². The minimum Gasteiger partial charge on any atom is -0.316 e. The lowest BCUT2D eigenvalue weighted by Crippen LogP contribution is -2.15. The lowest BCUT2D eigenvalue weighted by molar-refractivity contribution is 0.385. The minimum absolute atomic E-state index is 0.316. The first-order valence-electron chi connectivity index (χ1n) is 5.86. The number of aromatic nitrogens is 4. The van der Waals surface area contributed by atoms with Crippen molar-refractivity contribution in [3.8, 4) is 0 Å². The lowest BCUT2D eigenvalue weighted by atomic mass is 10.1. The van der Waals surface area contributed by atoms with Gasteiger partial charge in [-0.05, 0) is 12.8 Å². The molecule has 0 amide bonds. The van der Waals surface area contributed by atoms with Gasteiger partial charge in [-0.25, -0.2) is 9.97 Å². The molecule has 0 aliphatic heterocycles. The molecular formula is C12H18N4. The van der Waals surface area contributed by atoms with E-state index >= 15 is 0 Å². The molecule has 0 unspecified atom stereocenters. The van der Waals surface area contributed by atoms with E-state index in [4.69, 9.17) is 0 Å². The van der Waals surface area contributed by atoms with Crippen molar-refractivity contribution < 1.29 is 0 Å². The Balaban J connectivity index is 2.08. The molecule has 2 aromatic rings. The van der Waals surface area contributed by atoms with Crippen LogP contribution in [0.15, 0.2) is 37.4 Å². The Morgan fingerprint density at radius 3 is 2.06 bits per heavy atom. The van der Waals surface area contributed by atoms with Crippen molar-refractivity contribution in [2.45, 2.75) is 38.8 Å². The molecule has 0 bridgehead atoms. The number of nitrogens with zero attached hydrogens (tertiary/aromatic N) is 4. The maximum atomic E-state index is 4.11. The van der Waals surface area contributed by atoms with Crippen LogP contribution in [0.5, 0.6) is 0 Å². The largest absolute Gasteiger partial charge is 0.316 e. The molecule has 86 valence electrons. The highest BCUT2D eigenvalue weighted by Crippen LogP contribution is 2.17. The molecule has 0 spiro atoms. The van der Waals surface area contributed by atoms with Crippen LogP contribution >= 0.6 is 0 Å². The fraction of sp³-hybridized carbons (Fsp3) is 0.500. The van der Waals surface area contributed by atoms with E-state index in [-0.39, 0.29) is 0 Å². The zero-order valence-electron chi connectivity index (χ0n) is 9.66. The summed E-state index contributed by atoms with van der Waals surface area (Å²) in [6.07, 6.45) is 16.6. The highest BCUT2D eigenvalue weighted by atomic mass is 15.2. The molecule has 0 N–H and O–H groups in total. The van der Waals surface area contributed by atoms with Gasteiger partial charge in [-0.3, -0.25) is 0 Å². The summed E-state index contributed by atoms with van der Waals surface area (Å²) in [5, 5.41) is 0. The summed E-state index contributed by atoms with van der Waals surface area (Å²) >= 11 is 0. The second-order valence-corrected chi connectivity index (χ2v) is 4.00. The third kappa shape index (κ3) is 2.51. The van der Waals surface area contributed by atoms with Gasteiger partial charge in [-0.1, -0.05) is 19.8 Å². The van der Waals surface area contributed by atoms with Crippen LogP contribution in [0.3, 0.4) is 0 Å². The van der Waals surface area contributed by atoms with Crippen LogP contribution in [0.1, 0.15) is 38.8 Å². The van der Waals surface area contributed by atoms with Crippen molar-refractivity contribution in [3.05, 3.63) is 37.4 Å². The van der Waals surface area contributed by atoms with Crippen LogP contribution in [-0.4, -0.2) is 19.1 Å². The Kier molecular flexibility index (Phi) is 3.75. The Morgan fingerprint density at radius 1 is 1.00 bits per heavy atom. The van der Waals surface area contributed by atoms with Gasteiger partial charge in [0.1, 0.15) is 6.17 Å². The molecular weight excluding hydrogens is 200 g/mol. The highest BCUT2D eigenvalue weighted by molar-refractivity contribution is 4.86. The van der Waals surface area contributed by atoms with Gasteiger partial charge in [0.2, 0.25) is 0 Å². The van der Waals surface area contributed by atoms with Gasteiger partial charge in [-0.2, -0.15) is 0 Å². The van der Waals surface area contributed by atoms with Crippen molar-refractivity contribution in [2.75, 3.05) is 0 Å². The first kappa shape index (κ1) is 10.9. The van der Waals surface area contributed by atoms with Gasteiger partial charge < -0.3 is 9.13 Å². The summed E-state index contributed by atoms with van der Waals surface area (Å²) in [7, 11) is 0. The number of imidazole rings is 2. The first-order valence-corrected chi connectivity index (χ1v) is 5.86. The van der Waals surface area contributed by atoms with E-state index in [1.54, 1.807) is 0 Å². The van der Waals surface area contributed by atoms with Crippen LogP contribution in [0.4, 0.5) is 0 Å². The molecule has 4 nitrogen and oxygen atoms in total. The summed E-state index contributed by atoms with van der Waals surface area (Å²) in [5.41, 5.74) is 0. The summed E-state index contributed by atoms with van der Waals surface area (Å²) < 4.78 is 4.27. The number of rotatable bonds is 6. The molecule has 0 saturated heterocycles. The smallest absolute Gasteiger partial charge is 0.112 e. The van der Waals surface area contributed by atoms with E-state index in [2.05, 4.69) is 26.0 Å². The van der Waals surface area contributed by atoms with E-state index in [9.17, 15) is 0 Å². The maximum Gasteiger partial charge on any atom is 0.112 e. The number of hydrogen-bond acceptors (Lipinski definition) is 2. The van der Waals surface area contributed by atoms with E-state index in [0.29, 0.717) is 6.17 Å². The fourth-order valence-electron chi connectivity index (χ4n) is 1.92. The van der Waals surface area contributed by atoms with Gasteiger partial charge >= 0.3 is 0 Å². The average Bonchev–Trinajstić information content (AvgIpc) is 2.97. The van der Waals surface area contributed by atoms with Crippen molar-refractivity contribution in [3.63, 3.8) is 0 Å². The predicted octanol–water partition coefficient (Wildman–Crippen LogP) is 2.71. The molecule has 4 heteroatoms. The first-order chi connectivity index (χ1) is 7.92. The molecule has 0 radical (unpaired) electrons. The second-order valence-electron chi connectivity index (χ2n) is 4.00. The van der Waals surface area contributed by atoms with Gasteiger partial charge in [-0.15, -0.1) is 0 Å². The van der Waals surface area contributed by atoms with Crippen molar-refractivity contribution in [2.24, 2.45) is 0 Å².